The maximum atomic E-state index is 12.8. The summed E-state index contributed by atoms with van der Waals surface area (Å²) in [6.45, 7) is 2.22. The van der Waals surface area contributed by atoms with Gasteiger partial charge in [0.2, 0.25) is 12.0 Å². The number of hydrogen-bond donors (Lipinski definition) is 2. The van der Waals surface area contributed by atoms with Gasteiger partial charge >= 0.3 is 12.0 Å². The van der Waals surface area contributed by atoms with Crippen molar-refractivity contribution in [3.8, 4) is 0 Å². The molecule has 1 saturated heterocycles. The molecule has 0 unspecified atom stereocenters. The molecular formula is C23H25N3O5. The van der Waals surface area contributed by atoms with Gasteiger partial charge in [0.25, 0.3) is 5.91 Å². The number of nitrogens with zero attached hydrogens (tertiary/aromatic N) is 1. The molecule has 8 heteroatoms. The van der Waals surface area contributed by atoms with Gasteiger partial charge in [-0.1, -0.05) is 49.4 Å². The van der Waals surface area contributed by atoms with Crippen LogP contribution >= 0.6 is 0 Å². The maximum Gasteiger partial charge on any atom is 0.321 e. The highest BCUT2D eigenvalue weighted by Crippen LogP contribution is 2.28. The quantitative estimate of drug-likeness (QED) is 0.694. The number of imide groups is 1. The van der Waals surface area contributed by atoms with E-state index in [1.807, 2.05) is 31.2 Å². The molecule has 0 spiro atoms. The van der Waals surface area contributed by atoms with Crippen LogP contribution in [-0.4, -0.2) is 37.4 Å². The summed E-state index contributed by atoms with van der Waals surface area (Å²) in [6.07, 6.45) is -0.422. The Morgan fingerprint density at radius 2 is 1.77 bits per heavy atom. The van der Waals surface area contributed by atoms with Crippen LogP contribution in [0, 0.1) is 5.92 Å². The molecule has 0 bridgehead atoms. The lowest BCUT2D eigenvalue weighted by Crippen LogP contribution is -2.41. The van der Waals surface area contributed by atoms with E-state index < -0.39 is 29.9 Å². The van der Waals surface area contributed by atoms with Crippen molar-refractivity contribution in [2.24, 2.45) is 5.92 Å². The number of hydrogen-bond acceptors (Lipinski definition) is 5. The number of amides is 4. The highest BCUT2D eigenvalue weighted by Gasteiger charge is 2.38. The minimum atomic E-state index is -1.31. The Balaban J connectivity index is 1.73. The highest BCUT2D eigenvalue weighted by molar-refractivity contribution is 6.01. The maximum absolute atomic E-state index is 12.8. The van der Waals surface area contributed by atoms with Crippen LogP contribution in [0.5, 0.6) is 0 Å². The Hall–Kier alpha value is -3.68. The largest absolute Gasteiger partial charge is 0.447 e. The van der Waals surface area contributed by atoms with Crippen molar-refractivity contribution < 1.29 is 23.9 Å². The third kappa shape index (κ3) is 5.28. The zero-order valence-corrected chi connectivity index (χ0v) is 17.5. The second-order valence-corrected chi connectivity index (χ2v) is 7.22. The van der Waals surface area contributed by atoms with Crippen molar-refractivity contribution in [2.75, 3.05) is 18.5 Å². The number of aryl methyl sites for hydroxylation is 1. The molecule has 8 nitrogen and oxygen atoms in total. The van der Waals surface area contributed by atoms with Crippen molar-refractivity contribution in [2.45, 2.75) is 25.9 Å². The van der Waals surface area contributed by atoms with Crippen LogP contribution < -0.4 is 15.5 Å². The van der Waals surface area contributed by atoms with Gasteiger partial charge in [0.15, 0.2) is 0 Å². The molecule has 31 heavy (non-hydrogen) atoms. The predicted molar refractivity (Wildman–Crippen MR) is 114 cm³/mol. The smallest absolute Gasteiger partial charge is 0.321 e. The van der Waals surface area contributed by atoms with Gasteiger partial charge in [-0.05, 0) is 24.1 Å². The van der Waals surface area contributed by atoms with E-state index in [4.69, 9.17) is 4.74 Å². The number of urea groups is 1. The number of benzene rings is 2. The summed E-state index contributed by atoms with van der Waals surface area (Å²) < 4.78 is 5.49. The molecule has 2 atom stereocenters. The SMILES string of the molecule is CCc1ccc(N2C[C@H](C(=O)O[C@@H](C(=O)NC(=O)NC)c3ccccc3)CC2=O)cc1. The molecule has 2 N–H and O–H groups in total. The number of rotatable bonds is 6. The third-order valence-corrected chi connectivity index (χ3v) is 5.15. The second kappa shape index (κ2) is 9.88. The average molecular weight is 423 g/mol. The van der Waals surface area contributed by atoms with Crippen LogP contribution in [0.2, 0.25) is 0 Å². The normalized spacial score (nSPS) is 16.5. The molecule has 0 radical (unpaired) electrons. The molecule has 4 amide bonds. The number of nitrogens with one attached hydrogen (secondary N) is 2. The number of ether oxygens (including phenoxy) is 1. The van der Waals surface area contributed by atoms with Crippen LogP contribution in [0.15, 0.2) is 54.6 Å². The van der Waals surface area contributed by atoms with Gasteiger partial charge < -0.3 is 15.0 Å². The molecule has 1 aliphatic heterocycles. The fraction of sp³-hybridized carbons (Fsp3) is 0.304. The summed E-state index contributed by atoms with van der Waals surface area (Å²) in [6, 6.07) is 15.3. The van der Waals surface area contributed by atoms with Crippen molar-refractivity contribution in [1.29, 1.82) is 0 Å². The van der Waals surface area contributed by atoms with Gasteiger partial charge in [-0.3, -0.25) is 19.7 Å². The van der Waals surface area contributed by atoms with E-state index in [2.05, 4.69) is 10.6 Å². The molecular weight excluding hydrogens is 398 g/mol. The van der Waals surface area contributed by atoms with E-state index in [0.29, 0.717) is 5.56 Å². The Bertz CT molecular complexity index is 959. The Kier molecular flexibility index (Phi) is 7.02. The number of carbonyl (C=O) groups is 4. The van der Waals surface area contributed by atoms with E-state index in [9.17, 15) is 19.2 Å². The van der Waals surface area contributed by atoms with Crippen LogP contribution in [0.3, 0.4) is 0 Å². The summed E-state index contributed by atoms with van der Waals surface area (Å²) in [7, 11) is 1.37. The number of esters is 1. The fourth-order valence-corrected chi connectivity index (χ4v) is 3.38. The Morgan fingerprint density at radius 1 is 1.10 bits per heavy atom. The lowest BCUT2D eigenvalue weighted by atomic mass is 10.1. The summed E-state index contributed by atoms with van der Waals surface area (Å²) in [4.78, 5) is 51.0. The van der Waals surface area contributed by atoms with E-state index in [1.54, 1.807) is 35.2 Å². The first-order chi connectivity index (χ1) is 14.9. The monoisotopic (exact) mass is 423 g/mol. The molecule has 162 valence electrons. The summed E-state index contributed by atoms with van der Waals surface area (Å²) in [5, 5.41) is 4.42. The third-order valence-electron chi connectivity index (χ3n) is 5.15. The molecule has 2 aromatic rings. The minimum Gasteiger partial charge on any atom is -0.447 e. The minimum absolute atomic E-state index is 0.00701. The molecule has 2 aromatic carbocycles. The van der Waals surface area contributed by atoms with Crippen molar-refractivity contribution in [1.82, 2.24) is 10.6 Å². The van der Waals surface area contributed by atoms with E-state index in [0.717, 1.165) is 17.7 Å². The topological polar surface area (TPSA) is 105 Å². The lowest BCUT2D eigenvalue weighted by Gasteiger charge is -2.20. The van der Waals surface area contributed by atoms with Crippen LogP contribution in [0.4, 0.5) is 10.5 Å². The molecule has 0 saturated carbocycles. The molecule has 1 fully saturated rings. The molecule has 0 aromatic heterocycles. The lowest BCUT2D eigenvalue weighted by molar-refractivity contribution is -0.159. The number of anilines is 1. The Morgan fingerprint density at radius 3 is 2.39 bits per heavy atom. The van der Waals surface area contributed by atoms with E-state index >= 15 is 0 Å². The number of carbonyl (C=O) groups excluding carboxylic acids is 4. The highest BCUT2D eigenvalue weighted by atomic mass is 16.5. The predicted octanol–water partition coefficient (Wildman–Crippen LogP) is 2.34. The summed E-state index contributed by atoms with van der Waals surface area (Å²) in [5.41, 5.74) is 2.29. The Labute approximate surface area is 180 Å². The van der Waals surface area contributed by atoms with Gasteiger partial charge in [0, 0.05) is 31.3 Å². The first-order valence-electron chi connectivity index (χ1n) is 10.1. The standard InChI is InChI=1S/C23H25N3O5/c1-3-15-9-11-18(12-10-15)26-14-17(13-19(26)27)22(29)31-20(16-7-5-4-6-8-16)21(28)25-23(30)24-2/h4-12,17,20H,3,13-14H2,1-2H3,(H2,24,25,28,30)/t17-,20-/m1/s1. The van der Waals surface area contributed by atoms with Crippen LogP contribution in [0.1, 0.15) is 30.6 Å². The first-order valence-corrected chi connectivity index (χ1v) is 10.1. The van der Waals surface area contributed by atoms with Gasteiger partial charge in [-0.2, -0.15) is 0 Å². The zero-order chi connectivity index (χ0) is 22.4. The molecule has 1 aliphatic rings. The average Bonchev–Trinajstić information content (AvgIpc) is 3.19. The van der Waals surface area contributed by atoms with Crippen LogP contribution in [-0.2, 0) is 25.5 Å². The van der Waals surface area contributed by atoms with Gasteiger partial charge in [-0.15, -0.1) is 0 Å². The van der Waals surface area contributed by atoms with Crippen molar-refractivity contribution >= 4 is 29.5 Å². The van der Waals surface area contributed by atoms with Gasteiger partial charge in [0.05, 0.1) is 5.92 Å². The van der Waals surface area contributed by atoms with Gasteiger partial charge in [-0.25, -0.2) is 4.79 Å². The van der Waals surface area contributed by atoms with Crippen molar-refractivity contribution in [3.63, 3.8) is 0 Å². The zero-order valence-electron chi connectivity index (χ0n) is 17.5. The van der Waals surface area contributed by atoms with E-state index in [-0.39, 0.29) is 18.9 Å². The van der Waals surface area contributed by atoms with E-state index in [1.165, 1.54) is 7.05 Å². The van der Waals surface area contributed by atoms with Crippen molar-refractivity contribution in [3.05, 3.63) is 65.7 Å². The molecule has 3 rings (SSSR count). The summed E-state index contributed by atoms with van der Waals surface area (Å²) >= 11 is 0. The molecule has 1 heterocycles. The molecule has 0 aliphatic carbocycles. The van der Waals surface area contributed by atoms with Gasteiger partial charge in [0.1, 0.15) is 0 Å². The first kappa shape index (κ1) is 22.0. The fourth-order valence-electron chi connectivity index (χ4n) is 3.38. The summed E-state index contributed by atoms with van der Waals surface area (Å²) in [5.74, 6) is -2.33. The second-order valence-electron chi connectivity index (χ2n) is 7.22. The van der Waals surface area contributed by atoms with Crippen LogP contribution in [0.25, 0.3) is 0 Å².